The van der Waals surface area contributed by atoms with Gasteiger partial charge < -0.3 is 60.5 Å². The van der Waals surface area contributed by atoms with Gasteiger partial charge in [0.1, 0.15) is 42.1 Å². The largest absolute Gasteiger partial charge is 0.513 e. The average molecular weight is 1470 g/mol. The third-order valence-electron chi connectivity index (χ3n) is 23.5. The van der Waals surface area contributed by atoms with E-state index in [9.17, 15) is 14.7 Å². The van der Waals surface area contributed by atoms with Gasteiger partial charge in [-0.3, -0.25) is 4.79 Å². The number of Topliss-reactive ketones (excluding diaryl/α,β-unsaturated/α-hetero) is 1. The van der Waals surface area contributed by atoms with Gasteiger partial charge in [-0.2, -0.15) is 0 Å². The predicted molar refractivity (Wildman–Crippen MR) is 388 cm³/mol. The minimum absolute atomic E-state index is 0.00549. The molecule has 0 aromatic rings. The molecule has 5 heterocycles. The molecule has 0 aromatic heterocycles. The molecule has 0 saturated carbocycles. The van der Waals surface area contributed by atoms with E-state index in [-0.39, 0.29) is 104 Å². The molecule has 0 aromatic carbocycles. The van der Waals surface area contributed by atoms with E-state index in [1.165, 1.54) is 0 Å². The van der Waals surface area contributed by atoms with E-state index in [0.29, 0.717) is 25.9 Å². The summed E-state index contributed by atoms with van der Waals surface area (Å²) in [6.07, 6.45) is 9.61. The van der Waals surface area contributed by atoms with Gasteiger partial charge in [-0.25, -0.2) is 0 Å². The van der Waals surface area contributed by atoms with Crippen molar-refractivity contribution in [2.75, 3.05) is 18.1 Å². The van der Waals surface area contributed by atoms with E-state index >= 15 is 0 Å². The molecule has 5 rings (SSSR count). The van der Waals surface area contributed by atoms with E-state index < -0.39 is 96.5 Å². The molecule has 524 valence electrons. The van der Waals surface area contributed by atoms with Crippen LogP contribution in [0.5, 0.6) is 0 Å². The van der Waals surface area contributed by atoms with Crippen LogP contribution in [0.25, 0.3) is 0 Å². The number of ether oxygens (including phenoxy) is 6. The van der Waals surface area contributed by atoms with Gasteiger partial charge >= 0.3 is 0 Å². The van der Waals surface area contributed by atoms with E-state index in [4.69, 9.17) is 50.6 Å². The van der Waals surface area contributed by atoms with Crippen molar-refractivity contribution < 1.29 is 65.2 Å². The number of aldehydes is 1. The summed E-state index contributed by atoms with van der Waals surface area (Å²) in [4.78, 5) is 27.3. The second kappa shape index (κ2) is 31.0. The molecule has 14 nitrogen and oxygen atoms in total. The summed E-state index contributed by atoms with van der Waals surface area (Å²) >= 11 is 2.48. The number of halogens is 1. The van der Waals surface area contributed by atoms with Gasteiger partial charge in [-0.15, -0.1) is 0 Å². The number of hydrogen-bond acceptors (Lipinski definition) is 14. The standard InChI is InChI=1S/C70H133IO14Si5/c1-47(48(2)73)40-51-35-37-59-70(46-71,81-51)44-52(77-59)32-30-29-31-33-57(83-88(23,24)67(9,10)11)62-64(85-90(27,28)69(15,16)17)63(84-89(25,26)68(12,13)14)61-56(80-62)36-34-50(78-61)41-49(74)42-54-55(38-39-72)79-58(60(54)75-18)43-53(82-87(21,22)66(6,7)8)45-76-86(19,20)65(3,4)5/h31,33,39,47,50-64,73H,2,29-30,32,34-38,40-46H2,1,3-28H3/b33-31+/t47-,50?,51-,52+,53+,54+,55+,56+,57+,58?,59+,60-,61+,62+,63?,64?,70?/m1/s1. The number of carbonyl (C=O) groups is 2. The highest BCUT2D eigenvalue weighted by atomic mass is 127. The third kappa shape index (κ3) is 20.3. The summed E-state index contributed by atoms with van der Waals surface area (Å²) in [6, 6.07) is 0. The fraction of sp³-hybridized carbons (Fsp3) is 0.914. The van der Waals surface area contributed by atoms with Crippen molar-refractivity contribution in [2.24, 2.45) is 11.8 Å². The number of carbonyl (C=O) groups excluding carboxylic acids is 2. The van der Waals surface area contributed by atoms with Crippen LogP contribution >= 0.6 is 22.6 Å². The van der Waals surface area contributed by atoms with E-state index in [0.717, 1.165) is 55.7 Å². The van der Waals surface area contributed by atoms with Crippen molar-refractivity contribution in [1.29, 1.82) is 0 Å². The Morgan fingerprint density at radius 3 is 1.76 bits per heavy atom. The van der Waals surface area contributed by atoms with Crippen molar-refractivity contribution in [2.45, 2.75) is 376 Å². The number of ketones is 1. The van der Waals surface area contributed by atoms with Gasteiger partial charge in [0, 0.05) is 55.5 Å². The molecule has 0 spiro atoms. The Labute approximate surface area is 568 Å². The lowest BCUT2D eigenvalue weighted by atomic mass is 9.85. The van der Waals surface area contributed by atoms with Crippen LogP contribution in [-0.2, 0) is 60.1 Å². The molecular formula is C70H133IO14Si5. The Balaban J connectivity index is 1.44. The van der Waals surface area contributed by atoms with Crippen LogP contribution in [-0.4, -0.2) is 168 Å². The summed E-state index contributed by atoms with van der Waals surface area (Å²) < 4.78 is 79.9. The summed E-state index contributed by atoms with van der Waals surface area (Å²) in [5.41, 5.74) is -0.309. The molecule has 90 heavy (non-hydrogen) atoms. The molecule has 5 aliphatic rings. The summed E-state index contributed by atoms with van der Waals surface area (Å²) in [5.74, 6) is -0.0657. The number of rotatable bonds is 30. The maximum Gasteiger partial charge on any atom is 0.193 e. The normalized spacial score (nSPS) is 31.5. The average Bonchev–Trinajstić information content (AvgIpc) is 0.889. The van der Waals surface area contributed by atoms with Crippen molar-refractivity contribution in [3.63, 3.8) is 0 Å². The van der Waals surface area contributed by atoms with Gasteiger partial charge in [-0.05, 0) is 142 Å². The lowest BCUT2D eigenvalue weighted by Gasteiger charge is -2.56. The molecular weight excluding hydrogens is 1330 g/mol. The first kappa shape index (κ1) is 80.7. The summed E-state index contributed by atoms with van der Waals surface area (Å²) in [6.45, 7) is 63.4. The molecule has 0 aliphatic carbocycles. The van der Waals surface area contributed by atoms with E-state index in [1.54, 1.807) is 7.11 Å². The zero-order valence-corrected chi connectivity index (χ0v) is 69.1. The van der Waals surface area contributed by atoms with E-state index in [2.05, 4.69) is 211 Å². The van der Waals surface area contributed by atoms with Crippen molar-refractivity contribution >= 4 is 76.2 Å². The molecule has 17 atom stereocenters. The molecule has 5 fully saturated rings. The maximum absolute atomic E-state index is 14.9. The predicted octanol–water partition coefficient (Wildman–Crippen LogP) is 17.9. The quantitative estimate of drug-likeness (QED) is 0.0138. The number of aliphatic hydroxyl groups excluding tert-OH is 1. The van der Waals surface area contributed by atoms with Gasteiger partial charge in [0.15, 0.2) is 41.6 Å². The first-order valence-corrected chi connectivity index (χ1v) is 50.8. The zero-order valence-electron chi connectivity index (χ0n) is 61.9. The molecule has 20 heteroatoms. The second-order valence-corrected chi connectivity index (χ2v) is 60.3. The second-order valence-electron chi connectivity index (χ2n) is 35.7. The number of alkyl halides is 1. The van der Waals surface area contributed by atoms with Crippen LogP contribution < -0.4 is 0 Å². The molecule has 0 radical (unpaired) electrons. The molecule has 5 saturated heterocycles. The molecule has 1 N–H and O–H groups in total. The number of allylic oxidation sites excluding steroid dienone is 2. The summed E-state index contributed by atoms with van der Waals surface area (Å²) in [5, 5.41) is 9.73. The lowest BCUT2D eigenvalue weighted by molar-refractivity contribution is -0.266. The Hall–Kier alpha value is -0.00558. The topological polar surface area (TPSA) is 156 Å². The van der Waals surface area contributed by atoms with Crippen molar-refractivity contribution in [1.82, 2.24) is 0 Å². The molecule has 0 amide bonds. The SMILES string of the molecule is C=C(O)[C@H](C)C[C@H]1CC[C@@H]2O[C@@H](CCC/C=C/[C@H](O[Si](C)(C)C(C)(C)C)[C@@H]3O[C@H]4CCC(CC(=O)C[C@H]5[C@H](CC=O)OC(C[C@@H](CO[Si](C)(C)C(C)(C)C)O[Si](C)(C)C(C)(C)C)[C@@H]5OC)O[C@@H]4C(O[Si](C)(C)C(C)(C)C)C3O[Si](C)(C)C(C)(C)C)CC2(CI)O1. The van der Waals surface area contributed by atoms with Crippen molar-refractivity contribution in [3.05, 3.63) is 24.5 Å². The maximum atomic E-state index is 14.9. The first-order valence-electron chi connectivity index (χ1n) is 34.7. The van der Waals surface area contributed by atoms with Crippen LogP contribution in [0, 0.1) is 11.8 Å². The van der Waals surface area contributed by atoms with Gasteiger partial charge in [0.25, 0.3) is 0 Å². The Morgan fingerprint density at radius 1 is 0.667 bits per heavy atom. The number of fused-ring (bicyclic) bond motifs is 2. The molecule has 5 aliphatic heterocycles. The fourth-order valence-electron chi connectivity index (χ4n) is 12.4. The monoisotopic (exact) mass is 1460 g/mol. The molecule has 5 unspecified atom stereocenters. The van der Waals surface area contributed by atoms with Crippen LogP contribution in [0.15, 0.2) is 24.5 Å². The number of hydrogen-bond donors (Lipinski definition) is 1. The number of unbranched alkanes of at least 4 members (excludes halogenated alkanes) is 1. The third-order valence-corrected chi connectivity index (χ3v) is 47.2. The van der Waals surface area contributed by atoms with Crippen LogP contribution in [0.4, 0.5) is 0 Å². The number of methoxy groups -OCH3 is 1. The highest BCUT2D eigenvalue weighted by molar-refractivity contribution is 14.1. The lowest BCUT2D eigenvalue weighted by Crippen LogP contribution is -2.69. The Bertz CT molecular complexity index is 2350. The summed E-state index contributed by atoms with van der Waals surface area (Å²) in [7, 11) is -10.3. The fourth-order valence-corrected chi connectivity index (χ4v) is 19.6. The minimum Gasteiger partial charge on any atom is -0.513 e. The van der Waals surface area contributed by atoms with Crippen LogP contribution in [0.1, 0.15) is 194 Å². The smallest absolute Gasteiger partial charge is 0.193 e. The van der Waals surface area contributed by atoms with Crippen LogP contribution in [0.2, 0.25) is 90.7 Å². The van der Waals surface area contributed by atoms with E-state index in [1.807, 2.05) is 6.92 Å². The highest BCUT2D eigenvalue weighted by Gasteiger charge is 2.59. The Kier molecular flexibility index (Phi) is 27.8. The van der Waals surface area contributed by atoms with Crippen LogP contribution in [0.3, 0.4) is 0 Å². The molecule has 0 bridgehead atoms. The Morgan fingerprint density at radius 2 is 1.22 bits per heavy atom. The zero-order chi connectivity index (χ0) is 68.4. The highest BCUT2D eigenvalue weighted by Crippen LogP contribution is 2.50. The van der Waals surface area contributed by atoms with Crippen molar-refractivity contribution in [3.8, 4) is 0 Å². The van der Waals surface area contributed by atoms with Gasteiger partial charge in [-0.1, -0.05) is 152 Å². The number of aliphatic hydroxyl groups is 1. The van der Waals surface area contributed by atoms with Gasteiger partial charge in [0.2, 0.25) is 0 Å². The van der Waals surface area contributed by atoms with Gasteiger partial charge in [0.05, 0.1) is 73.4 Å². The minimum atomic E-state index is -2.56. The first-order chi connectivity index (χ1) is 41.0.